The number of phosphoric acid groups is 1. The van der Waals surface area contributed by atoms with Crippen LogP contribution < -0.4 is 10.4 Å². The van der Waals surface area contributed by atoms with Crippen LogP contribution in [0.15, 0.2) is 11.0 Å². The smallest absolute Gasteiger partial charge is 0.469 e. The summed E-state index contributed by atoms with van der Waals surface area (Å²) in [5.41, 5.74) is -0.00804. The Kier molecular flexibility index (Phi) is 5.00. The topological polar surface area (TPSA) is 140 Å². The molecule has 0 unspecified atom stereocenters. The average Bonchev–Trinajstić information content (AvgIpc) is 2.79. The SMILES string of the molecule is COc1nc(=O)n([C@H]2C[C@H](O)[C@@H](COP(=O)(O)O)O2)cc1C. The number of aryl methyl sites for hydroxylation is 1. The van der Waals surface area contributed by atoms with E-state index < -0.39 is 38.6 Å². The first-order chi connectivity index (χ1) is 10.2. The third kappa shape index (κ3) is 3.92. The van der Waals surface area contributed by atoms with Crippen molar-refractivity contribution in [3.05, 3.63) is 22.2 Å². The number of aliphatic hydroxyl groups excluding tert-OH is 1. The van der Waals surface area contributed by atoms with Crippen molar-refractivity contribution in [1.82, 2.24) is 9.55 Å². The van der Waals surface area contributed by atoms with Gasteiger partial charge in [-0.15, -0.1) is 0 Å². The molecule has 0 aromatic carbocycles. The van der Waals surface area contributed by atoms with Crippen LogP contribution in [-0.4, -0.2) is 50.4 Å². The lowest BCUT2D eigenvalue weighted by molar-refractivity contribution is -0.0451. The Hall–Kier alpha value is -1.29. The molecule has 1 aliphatic heterocycles. The van der Waals surface area contributed by atoms with Crippen LogP contribution in [0, 0.1) is 6.92 Å². The first kappa shape index (κ1) is 17.1. The van der Waals surface area contributed by atoms with Crippen LogP contribution in [0.4, 0.5) is 0 Å². The Morgan fingerprint density at radius 2 is 2.23 bits per heavy atom. The van der Waals surface area contributed by atoms with E-state index in [1.165, 1.54) is 17.9 Å². The Bertz CT molecular complexity index is 641. The van der Waals surface area contributed by atoms with Crippen molar-refractivity contribution < 1.29 is 33.5 Å². The highest BCUT2D eigenvalue weighted by atomic mass is 31.2. The average molecular weight is 336 g/mol. The van der Waals surface area contributed by atoms with Gasteiger partial charge in [0, 0.05) is 18.2 Å². The Morgan fingerprint density at radius 3 is 2.82 bits per heavy atom. The van der Waals surface area contributed by atoms with E-state index >= 15 is 0 Å². The van der Waals surface area contributed by atoms with Gasteiger partial charge in [-0.25, -0.2) is 9.36 Å². The Labute approximate surface area is 125 Å². The fraction of sp³-hybridized carbons (Fsp3) is 0.636. The predicted molar refractivity (Wildman–Crippen MR) is 72.3 cm³/mol. The van der Waals surface area contributed by atoms with Crippen LogP contribution in [0.5, 0.6) is 5.88 Å². The molecule has 1 fully saturated rings. The molecule has 0 spiro atoms. The van der Waals surface area contributed by atoms with E-state index in [1.807, 2.05) is 0 Å². The summed E-state index contributed by atoms with van der Waals surface area (Å²) in [6.45, 7) is 1.21. The van der Waals surface area contributed by atoms with Crippen molar-refractivity contribution in [3.8, 4) is 5.88 Å². The molecular formula is C11H17N2O8P. The van der Waals surface area contributed by atoms with E-state index in [4.69, 9.17) is 19.3 Å². The standard InChI is InChI=1S/C11H17N2O8P/c1-6-4-13(11(15)12-10(6)19-2)9-3-7(14)8(21-9)5-20-22(16,17)18/h4,7-9,14H,3,5H2,1-2H3,(H2,16,17,18)/t7-,8+,9+/m0/s1. The second kappa shape index (κ2) is 6.45. The molecule has 0 bridgehead atoms. The van der Waals surface area contributed by atoms with Crippen molar-refractivity contribution >= 4 is 7.82 Å². The van der Waals surface area contributed by atoms with Crippen molar-refractivity contribution in [2.75, 3.05) is 13.7 Å². The minimum Gasteiger partial charge on any atom is -0.481 e. The zero-order chi connectivity index (χ0) is 16.5. The number of ether oxygens (including phenoxy) is 2. The molecule has 0 amide bonds. The summed E-state index contributed by atoms with van der Waals surface area (Å²) in [5.74, 6) is 0.196. The van der Waals surface area contributed by atoms with Gasteiger partial charge in [-0.05, 0) is 6.92 Å². The van der Waals surface area contributed by atoms with Gasteiger partial charge < -0.3 is 24.4 Å². The van der Waals surface area contributed by atoms with Gasteiger partial charge in [0.2, 0.25) is 5.88 Å². The minimum absolute atomic E-state index is 0.0720. The molecule has 10 nitrogen and oxygen atoms in total. The van der Waals surface area contributed by atoms with Gasteiger partial charge in [0.05, 0.1) is 19.8 Å². The molecule has 0 saturated carbocycles. The summed E-state index contributed by atoms with van der Waals surface area (Å²) >= 11 is 0. The number of nitrogens with zero attached hydrogens (tertiary/aromatic N) is 2. The Morgan fingerprint density at radius 1 is 1.55 bits per heavy atom. The van der Waals surface area contributed by atoms with Crippen molar-refractivity contribution in [2.24, 2.45) is 0 Å². The minimum atomic E-state index is -4.65. The first-order valence-electron chi connectivity index (χ1n) is 6.38. The molecule has 1 aromatic heterocycles. The number of hydrogen-bond acceptors (Lipinski definition) is 7. The monoisotopic (exact) mass is 336 g/mol. The van der Waals surface area contributed by atoms with Gasteiger partial charge in [-0.1, -0.05) is 0 Å². The summed E-state index contributed by atoms with van der Waals surface area (Å²) < 4.78 is 26.6. The van der Waals surface area contributed by atoms with E-state index in [2.05, 4.69) is 9.51 Å². The van der Waals surface area contributed by atoms with Crippen molar-refractivity contribution in [1.29, 1.82) is 0 Å². The maximum absolute atomic E-state index is 11.9. The van der Waals surface area contributed by atoms with Gasteiger partial charge in [-0.3, -0.25) is 9.09 Å². The molecule has 3 N–H and O–H groups in total. The molecule has 2 heterocycles. The molecule has 1 aromatic rings. The second-order valence-electron chi connectivity index (χ2n) is 4.84. The largest absolute Gasteiger partial charge is 0.481 e. The lowest BCUT2D eigenvalue weighted by atomic mass is 10.2. The van der Waals surface area contributed by atoms with Crippen molar-refractivity contribution in [3.63, 3.8) is 0 Å². The molecule has 3 atom stereocenters. The quantitative estimate of drug-likeness (QED) is 0.596. The predicted octanol–water partition coefficient (Wildman–Crippen LogP) is -0.682. The molecule has 22 heavy (non-hydrogen) atoms. The van der Waals surface area contributed by atoms with Gasteiger partial charge in [0.1, 0.15) is 12.3 Å². The molecule has 0 radical (unpaired) electrons. The summed E-state index contributed by atoms with van der Waals surface area (Å²) in [5, 5.41) is 9.86. The highest BCUT2D eigenvalue weighted by Gasteiger charge is 2.37. The second-order valence-corrected chi connectivity index (χ2v) is 6.08. The maximum Gasteiger partial charge on any atom is 0.469 e. The van der Waals surface area contributed by atoms with E-state index in [-0.39, 0.29) is 12.3 Å². The normalized spacial score (nSPS) is 25.4. The number of aromatic nitrogens is 2. The molecule has 124 valence electrons. The van der Waals surface area contributed by atoms with Crippen LogP contribution in [0.25, 0.3) is 0 Å². The van der Waals surface area contributed by atoms with E-state index in [0.29, 0.717) is 5.56 Å². The number of aliphatic hydroxyl groups is 1. The molecule has 0 aliphatic carbocycles. The number of methoxy groups -OCH3 is 1. The fourth-order valence-corrected chi connectivity index (χ4v) is 2.51. The lowest BCUT2D eigenvalue weighted by Crippen LogP contribution is -2.28. The molecule has 1 saturated heterocycles. The first-order valence-corrected chi connectivity index (χ1v) is 7.91. The van der Waals surface area contributed by atoms with Gasteiger partial charge in [0.25, 0.3) is 0 Å². The lowest BCUT2D eigenvalue weighted by Gasteiger charge is -2.17. The van der Waals surface area contributed by atoms with Gasteiger partial charge in [0.15, 0.2) is 0 Å². The van der Waals surface area contributed by atoms with Crippen LogP contribution in [0.3, 0.4) is 0 Å². The maximum atomic E-state index is 11.9. The van der Waals surface area contributed by atoms with Crippen LogP contribution in [0.1, 0.15) is 18.2 Å². The highest BCUT2D eigenvalue weighted by Crippen LogP contribution is 2.38. The molecule has 11 heteroatoms. The summed E-state index contributed by atoms with van der Waals surface area (Å²) in [4.78, 5) is 33.0. The molecular weight excluding hydrogens is 319 g/mol. The van der Waals surface area contributed by atoms with Crippen LogP contribution in [0.2, 0.25) is 0 Å². The third-order valence-corrected chi connectivity index (χ3v) is 3.69. The van der Waals surface area contributed by atoms with Gasteiger partial charge in [-0.2, -0.15) is 4.98 Å². The molecule has 1 aliphatic rings. The van der Waals surface area contributed by atoms with Crippen molar-refractivity contribution in [2.45, 2.75) is 31.8 Å². The van der Waals surface area contributed by atoms with E-state index in [0.717, 1.165) is 0 Å². The summed E-state index contributed by atoms with van der Waals surface area (Å²) in [6.07, 6.45) is -1.22. The highest BCUT2D eigenvalue weighted by molar-refractivity contribution is 7.46. The summed E-state index contributed by atoms with van der Waals surface area (Å²) in [7, 11) is -3.26. The number of rotatable bonds is 5. The number of hydrogen-bond donors (Lipinski definition) is 3. The van der Waals surface area contributed by atoms with E-state index in [9.17, 15) is 14.5 Å². The third-order valence-electron chi connectivity index (χ3n) is 3.20. The molecule has 2 rings (SSSR count). The zero-order valence-electron chi connectivity index (χ0n) is 11.9. The fourth-order valence-electron chi connectivity index (χ4n) is 2.17. The van der Waals surface area contributed by atoms with Crippen LogP contribution >= 0.6 is 7.82 Å². The number of phosphoric ester groups is 1. The Balaban J connectivity index is 2.14. The van der Waals surface area contributed by atoms with Crippen LogP contribution in [-0.2, 0) is 13.8 Å². The summed E-state index contributed by atoms with van der Waals surface area (Å²) in [6, 6.07) is 0. The van der Waals surface area contributed by atoms with E-state index in [1.54, 1.807) is 6.92 Å². The zero-order valence-corrected chi connectivity index (χ0v) is 12.8. The van der Waals surface area contributed by atoms with Gasteiger partial charge >= 0.3 is 13.5 Å².